The van der Waals surface area contributed by atoms with Crippen molar-refractivity contribution in [1.29, 1.82) is 0 Å². The number of amidine groups is 1. The van der Waals surface area contributed by atoms with Gasteiger partial charge in [0.05, 0.1) is 13.7 Å². The molecule has 2 aromatic rings. The molecular formula is C12H16N6O3. The number of nitrogens with two attached hydrogens (primary N) is 1. The molecule has 0 fully saturated rings. The highest BCUT2D eigenvalue weighted by molar-refractivity contribution is 5.79. The number of benzene rings is 1. The molecule has 1 aromatic heterocycles. The van der Waals surface area contributed by atoms with Crippen molar-refractivity contribution in [2.24, 2.45) is 10.9 Å². The number of hydrogen-bond acceptors (Lipinski definition) is 7. The van der Waals surface area contributed by atoms with Crippen molar-refractivity contribution in [3.05, 3.63) is 18.2 Å². The zero-order chi connectivity index (χ0) is 15.2. The number of nitrogens with zero attached hydrogens (tertiary/aromatic N) is 5. The number of ether oxygens (including phenoxy) is 2. The first-order valence-corrected chi connectivity index (χ1v) is 6.23. The lowest BCUT2D eigenvalue weighted by Crippen LogP contribution is -2.21. The molecule has 9 heteroatoms. The van der Waals surface area contributed by atoms with Crippen LogP contribution in [-0.4, -0.2) is 45.0 Å². The fourth-order valence-electron chi connectivity index (χ4n) is 1.68. The van der Waals surface area contributed by atoms with Crippen molar-refractivity contribution < 1.29 is 14.7 Å². The lowest BCUT2D eigenvalue weighted by molar-refractivity contribution is 0.311. The summed E-state index contributed by atoms with van der Waals surface area (Å²) in [5.41, 5.74) is 6.11. The maximum atomic E-state index is 8.51. The molecule has 2 rings (SSSR count). The summed E-state index contributed by atoms with van der Waals surface area (Å²) >= 11 is 0. The Balaban J connectivity index is 2.26. The maximum Gasteiger partial charge on any atom is 0.205 e. The van der Waals surface area contributed by atoms with Crippen LogP contribution in [0.2, 0.25) is 0 Å². The van der Waals surface area contributed by atoms with Gasteiger partial charge in [0.1, 0.15) is 6.54 Å². The molecule has 1 heterocycles. The lowest BCUT2D eigenvalue weighted by Gasteiger charge is -2.09. The van der Waals surface area contributed by atoms with E-state index in [9.17, 15) is 0 Å². The number of hydrogen-bond donors (Lipinski definition) is 2. The molecule has 0 bridgehead atoms. The van der Waals surface area contributed by atoms with Crippen molar-refractivity contribution in [1.82, 2.24) is 20.2 Å². The van der Waals surface area contributed by atoms with Crippen LogP contribution < -0.4 is 15.2 Å². The Hall–Kier alpha value is -2.84. The summed E-state index contributed by atoms with van der Waals surface area (Å²) in [6, 6.07) is 5.34. The van der Waals surface area contributed by atoms with E-state index in [1.807, 2.05) is 6.92 Å². The first-order valence-electron chi connectivity index (χ1n) is 6.23. The number of tetrazole rings is 1. The van der Waals surface area contributed by atoms with Gasteiger partial charge in [0.2, 0.25) is 5.82 Å². The van der Waals surface area contributed by atoms with Crippen LogP contribution in [-0.2, 0) is 6.54 Å². The first-order chi connectivity index (χ1) is 10.2. The highest BCUT2D eigenvalue weighted by Crippen LogP contribution is 2.31. The lowest BCUT2D eigenvalue weighted by atomic mass is 10.2. The molecule has 0 radical (unpaired) electrons. The second kappa shape index (κ2) is 6.55. The molecule has 0 aliphatic carbocycles. The normalized spacial score (nSPS) is 11.4. The van der Waals surface area contributed by atoms with Crippen molar-refractivity contribution in [3.8, 4) is 22.9 Å². The SMILES string of the molecule is CCOc1ccc(-c2nnn(CC(N)=NO)n2)cc1OC. The van der Waals surface area contributed by atoms with Crippen LogP contribution in [0.15, 0.2) is 23.4 Å². The van der Waals surface area contributed by atoms with Crippen molar-refractivity contribution >= 4 is 5.84 Å². The van der Waals surface area contributed by atoms with Gasteiger partial charge in [-0.2, -0.15) is 4.80 Å². The minimum absolute atomic E-state index is 0.0109. The van der Waals surface area contributed by atoms with Crippen LogP contribution >= 0.6 is 0 Å². The van der Waals surface area contributed by atoms with E-state index in [4.69, 9.17) is 20.4 Å². The molecule has 3 N–H and O–H groups in total. The van der Waals surface area contributed by atoms with Gasteiger partial charge in [-0.1, -0.05) is 5.16 Å². The quantitative estimate of drug-likeness (QED) is 0.344. The Kier molecular flexibility index (Phi) is 4.54. The third-order valence-electron chi connectivity index (χ3n) is 2.61. The molecule has 21 heavy (non-hydrogen) atoms. The Morgan fingerprint density at radius 3 is 2.90 bits per heavy atom. The zero-order valence-electron chi connectivity index (χ0n) is 11.7. The van der Waals surface area contributed by atoms with E-state index in [1.165, 1.54) is 4.80 Å². The van der Waals surface area contributed by atoms with Crippen LogP contribution in [0.25, 0.3) is 11.4 Å². The third kappa shape index (κ3) is 3.38. The first kappa shape index (κ1) is 14.6. The molecule has 0 saturated heterocycles. The topological polar surface area (TPSA) is 121 Å². The predicted molar refractivity (Wildman–Crippen MR) is 74.4 cm³/mol. The molecule has 0 saturated carbocycles. The predicted octanol–water partition coefficient (Wildman–Crippen LogP) is 0.494. The Labute approximate surface area is 121 Å². The van der Waals surface area contributed by atoms with E-state index in [0.29, 0.717) is 23.9 Å². The van der Waals surface area contributed by atoms with Crippen LogP contribution in [0.3, 0.4) is 0 Å². The average molecular weight is 292 g/mol. The van der Waals surface area contributed by atoms with E-state index in [-0.39, 0.29) is 12.4 Å². The second-order valence-corrected chi connectivity index (χ2v) is 4.03. The van der Waals surface area contributed by atoms with Gasteiger partial charge in [-0.3, -0.25) is 0 Å². The van der Waals surface area contributed by atoms with E-state index in [0.717, 1.165) is 5.56 Å². The highest BCUT2D eigenvalue weighted by Gasteiger charge is 2.11. The molecule has 0 spiro atoms. The van der Waals surface area contributed by atoms with Crippen LogP contribution in [0, 0.1) is 0 Å². The second-order valence-electron chi connectivity index (χ2n) is 4.03. The fourth-order valence-corrected chi connectivity index (χ4v) is 1.68. The van der Waals surface area contributed by atoms with E-state index in [2.05, 4.69) is 20.6 Å². The Bertz CT molecular complexity index is 640. The Morgan fingerprint density at radius 2 is 2.24 bits per heavy atom. The number of aromatic nitrogens is 4. The molecular weight excluding hydrogens is 276 g/mol. The van der Waals surface area contributed by atoms with Crippen LogP contribution in [0.5, 0.6) is 11.5 Å². The third-order valence-corrected chi connectivity index (χ3v) is 2.61. The summed E-state index contributed by atoms with van der Waals surface area (Å²) in [6.07, 6.45) is 0. The fraction of sp³-hybridized carbons (Fsp3) is 0.333. The van der Waals surface area contributed by atoms with Gasteiger partial charge < -0.3 is 20.4 Å². The van der Waals surface area contributed by atoms with Crippen molar-refractivity contribution in [2.45, 2.75) is 13.5 Å². The molecule has 0 aliphatic rings. The van der Waals surface area contributed by atoms with E-state index < -0.39 is 0 Å². The molecule has 1 aromatic carbocycles. The highest BCUT2D eigenvalue weighted by atomic mass is 16.5. The monoisotopic (exact) mass is 292 g/mol. The number of rotatable bonds is 6. The van der Waals surface area contributed by atoms with Gasteiger partial charge in [0, 0.05) is 5.56 Å². The molecule has 9 nitrogen and oxygen atoms in total. The van der Waals surface area contributed by atoms with Crippen LogP contribution in [0.1, 0.15) is 6.92 Å². The van der Waals surface area contributed by atoms with Gasteiger partial charge in [0.25, 0.3) is 0 Å². The average Bonchev–Trinajstić information content (AvgIpc) is 2.96. The van der Waals surface area contributed by atoms with E-state index in [1.54, 1.807) is 25.3 Å². The summed E-state index contributed by atoms with van der Waals surface area (Å²) in [4.78, 5) is 1.23. The van der Waals surface area contributed by atoms with Gasteiger partial charge >= 0.3 is 0 Å². The van der Waals surface area contributed by atoms with Gasteiger partial charge in [0.15, 0.2) is 17.3 Å². The van der Waals surface area contributed by atoms with Crippen molar-refractivity contribution in [2.75, 3.05) is 13.7 Å². The summed E-state index contributed by atoms with van der Waals surface area (Å²) in [7, 11) is 1.56. The molecule has 0 atom stereocenters. The molecule has 112 valence electrons. The summed E-state index contributed by atoms with van der Waals surface area (Å²) in [6.45, 7) is 2.50. The smallest absolute Gasteiger partial charge is 0.205 e. The summed E-state index contributed by atoms with van der Waals surface area (Å²) < 4.78 is 10.7. The minimum atomic E-state index is -0.0109. The molecule has 0 aliphatic heterocycles. The zero-order valence-corrected chi connectivity index (χ0v) is 11.7. The summed E-state index contributed by atoms with van der Waals surface area (Å²) in [5.74, 6) is 1.63. The largest absolute Gasteiger partial charge is 0.493 e. The van der Waals surface area contributed by atoms with Gasteiger partial charge in [-0.25, -0.2) is 0 Å². The standard InChI is InChI=1S/C12H16N6O3/c1-3-21-9-5-4-8(6-10(9)20-2)12-14-17-18(15-12)7-11(13)16-19/h4-6,19H,3,7H2,1-2H3,(H2,13,16). The van der Waals surface area contributed by atoms with Crippen LogP contribution in [0.4, 0.5) is 0 Å². The minimum Gasteiger partial charge on any atom is -0.493 e. The van der Waals surface area contributed by atoms with E-state index >= 15 is 0 Å². The molecule has 0 unspecified atom stereocenters. The maximum absolute atomic E-state index is 8.51. The number of methoxy groups -OCH3 is 1. The summed E-state index contributed by atoms with van der Waals surface area (Å²) in [5, 5.41) is 23.3. The van der Waals surface area contributed by atoms with Gasteiger partial charge in [-0.05, 0) is 30.3 Å². The van der Waals surface area contributed by atoms with Gasteiger partial charge in [-0.15, -0.1) is 10.2 Å². The molecule has 0 amide bonds. The Morgan fingerprint density at radius 1 is 1.43 bits per heavy atom. The number of oxime groups is 1. The van der Waals surface area contributed by atoms with Crippen molar-refractivity contribution in [3.63, 3.8) is 0 Å².